The predicted octanol–water partition coefficient (Wildman–Crippen LogP) is 5.24. The van der Waals surface area contributed by atoms with Crippen LogP contribution in [0.5, 0.6) is 0 Å². The number of benzene rings is 1. The fourth-order valence-electron chi connectivity index (χ4n) is 4.20. The number of aryl methyl sites for hydroxylation is 1. The molecule has 0 spiro atoms. The standard InChI is InChI=1S/C24H24N4O/c1-14-11-23(28-16-5-8-20(26-12-16)15-3-4-15)27-13-19(14)17-6-9-21(25-2)24-18(17)7-10-22(24)29/h5-6,8-9,11-13,15,25H,3-4,7,10H2,1-2H3,(H,27,28). The lowest BCUT2D eigenvalue weighted by Crippen LogP contribution is -2.02. The number of anilines is 3. The van der Waals surface area contributed by atoms with Gasteiger partial charge < -0.3 is 10.6 Å². The first-order valence-corrected chi connectivity index (χ1v) is 10.2. The van der Waals surface area contributed by atoms with E-state index >= 15 is 0 Å². The first-order valence-electron chi connectivity index (χ1n) is 10.2. The summed E-state index contributed by atoms with van der Waals surface area (Å²) in [6.45, 7) is 2.09. The zero-order valence-electron chi connectivity index (χ0n) is 16.7. The lowest BCUT2D eigenvalue weighted by molar-refractivity contribution is 0.0995. The van der Waals surface area contributed by atoms with Gasteiger partial charge >= 0.3 is 0 Å². The molecule has 0 unspecified atom stereocenters. The number of fused-ring (bicyclic) bond motifs is 1. The largest absolute Gasteiger partial charge is 0.388 e. The Morgan fingerprint density at radius 3 is 2.55 bits per heavy atom. The number of nitrogens with zero attached hydrogens (tertiary/aromatic N) is 2. The Hall–Kier alpha value is -3.21. The summed E-state index contributed by atoms with van der Waals surface area (Å²) in [7, 11) is 1.86. The van der Waals surface area contributed by atoms with Gasteiger partial charge in [-0.05, 0) is 67.1 Å². The second-order valence-electron chi connectivity index (χ2n) is 7.94. The Kier molecular flexibility index (Phi) is 4.31. The molecule has 2 aromatic heterocycles. The molecule has 0 atom stereocenters. The molecular formula is C24H24N4O. The number of hydrogen-bond donors (Lipinski definition) is 2. The molecule has 0 aliphatic heterocycles. The Balaban J connectivity index is 1.44. The van der Waals surface area contributed by atoms with Crippen molar-refractivity contribution in [2.45, 2.75) is 38.5 Å². The summed E-state index contributed by atoms with van der Waals surface area (Å²) in [5.41, 5.74) is 8.33. The van der Waals surface area contributed by atoms with Crippen LogP contribution in [-0.2, 0) is 6.42 Å². The molecule has 0 saturated heterocycles. The highest BCUT2D eigenvalue weighted by Gasteiger charge is 2.26. The molecule has 0 radical (unpaired) electrons. The molecule has 0 bridgehead atoms. The minimum atomic E-state index is 0.220. The second-order valence-corrected chi connectivity index (χ2v) is 7.94. The van der Waals surface area contributed by atoms with E-state index in [0.717, 1.165) is 51.4 Å². The first-order chi connectivity index (χ1) is 14.1. The van der Waals surface area contributed by atoms with Gasteiger partial charge in [0.15, 0.2) is 5.78 Å². The SMILES string of the molecule is CNc1ccc(-c2cnc(Nc3ccc(C4CC4)nc3)cc2C)c2c1C(=O)CC2. The van der Waals surface area contributed by atoms with Crippen molar-refractivity contribution < 1.29 is 4.79 Å². The van der Waals surface area contributed by atoms with Gasteiger partial charge in [0.25, 0.3) is 0 Å². The van der Waals surface area contributed by atoms with Crippen molar-refractivity contribution in [1.82, 2.24) is 9.97 Å². The summed E-state index contributed by atoms with van der Waals surface area (Å²) in [6, 6.07) is 10.3. The van der Waals surface area contributed by atoms with Gasteiger partial charge in [0, 0.05) is 48.1 Å². The second kappa shape index (κ2) is 6.99. The van der Waals surface area contributed by atoms with Crippen LogP contribution in [0.25, 0.3) is 11.1 Å². The van der Waals surface area contributed by atoms with Crippen LogP contribution in [0.2, 0.25) is 0 Å². The summed E-state index contributed by atoms with van der Waals surface area (Å²) >= 11 is 0. The smallest absolute Gasteiger partial charge is 0.165 e. The zero-order valence-corrected chi connectivity index (χ0v) is 16.7. The number of carbonyl (C=O) groups is 1. The van der Waals surface area contributed by atoms with Gasteiger partial charge in [-0.15, -0.1) is 0 Å². The molecule has 146 valence electrons. The van der Waals surface area contributed by atoms with Crippen molar-refractivity contribution in [1.29, 1.82) is 0 Å². The highest BCUT2D eigenvalue weighted by atomic mass is 16.1. The van der Waals surface area contributed by atoms with Crippen molar-refractivity contribution in [2.75, 3.05) is 17.7 Å². The van der Waals surface area contributed by atoms with Gasteiger partial charge in [0.05, 0.1) is 11.9 Å². The molecular weight excluding hydrogens is 360 g/mol. The van der Waals surface area contributed by atoms with E-state index in [0.29, 0.717) is 12.3 Å². The topological polar surface area (TPSA) is 66.9 Å². The van der Waals surface area contributed by atoms with Crippen molar-refractivity contribution in [2.24, 2.45) is 0 Å². The van der Waals surface area contributed by atoms with Crippen molar-refractivity contribution in [3.63, 3.8) is 0 Å². The zero-order chi connectivity index (χ0) is 20.0. The van der Waals surface area contributed by atoms with Crippen LogP contribution in [-0.4, -0.2) is 22.8 Å². The summed E-state index contributed by atoms with van der Waals surface area (Å²) < 4.78 is 0. The van der Waals surface area contributed by atoms with Crippen molar-refractivity contribution in [3.05, 3.63) is 65.1 Å². The highest BCUT2D eigenvalue weighted by Crippen LogP contribution is 2.39. The molecule has 3 aromatic rings. The fraction of sp³-hybridized carbons (Fsp3) is 0.292. The monoisotopic (exact) mass is 384 g/mol. The fourth-order valence-corrected chi connectivity index (χ4v) is 4.20. The van der Waals surface area contributed by atoms with Gasteiger partial charge in [-0.1, -0.05) is 6.07 Å². The van der Waals surface area contributed by atoms with E-state index in [9.17, 15) is 4.79 Å². The molecule has 0 amide bonds. The molecule has 2 aliphatic rings. The van der Waals surface area contributed by atoms with Gasteiger partial charge in [-0.3, -0.25) is 9.78 Å². The molecule has 1 saturated carbocycles. The first kappa shape index (κ1) is 17.9. The molecule has 5 heteroatoms. The maximum atomic E-state index is 12.4. The number of Topliss-reactive ketones (excluding diaryl/α,β-unsaturated/α-hetero) is 1. The molecule has 5 nitrogen and oxygen atoms in total. The normalized spacial score (nSPS) is 15.3. The maximum Gasteiger partial charge on any atom is 0.165 e. The lowest BCUT2D eigenvalue weighted by atomic mass is 9.94. The van der Waals surface area contributed by atoms with E-state index in [1.807, 2.05) is 25.5 Å². The van der Waals surface area contributed by atoms with E-state index in [2.05, 4.69) is 51.8 Å². The maximum absolute atomic E-state index is 12.4. The third kappa shape index (κ3) is 3.27. The minimum absolute atomic E-state index is 0.220. The number of nitrogens with one attached hydrogen (secondary N) is 2. The third-order valence-corrected chi connectivity index (χ3v) is 5.92. The highest BCUT2D eigenvalue weighted by molar-refractivity contribution is 6.07. The van der Waals surface area contributed by atoms with E-state index < -0.39 is 0 Å². The van der Waals surface area contributed by atoms with Gasteiger partial charge in [0.2, 0.25) is 0 Å². The molecule has 1 aromatic carbocycles. The summed E-state index contributed by atoms with van der Waals surface area (Å²) in [4.78, 5) is 21.6. The van der Waals surface area contributed by atoms with Crippen LogP contribution >= 0.6 is 0 Å². The van der Waals surface area contributed by atoms with Crippen LogP contribution in [0, 0.1) is 6.92 Å². The van der Waals surface area contributed by atoms with Gasteiger partial charge in [-0.25, -0.2) is 4.98 Å². The number of pyridine rings is 2. The minimum Gasteiger partial charge on any atom is -0.388 e. The lowest BCUT2D eigenvalue weighted by Gasteiger charge is -2.15. The molecule has 2 N–H and O–H groups in total. The predicted molar refractivity (Wildman–Crippen MR) is 116 cm³/mol. The summed E-state index contributed by atoms with van der Waals surface area (Å²) in [5.74, 6) is 1.68. The van der Waals surface area contributed by atoms with Gasteiger partial charge in [0.1, 0.15) is 5.82 Å². The Morgan fingerprint density at radius 2 is 1.86 bits per heavy atom. The van der Waals surface area contributed by atoms with E-state index in [4.69, 9.17) is 0 Å². The van der Waals surface area contributed by atoms with E-state index in [-0.39, 0.29) is 5.78 Å². The van der Waals surface area contributed by atoms with Crippen LogP contribution < -0.4 is 10.6 Å². The summed E-state index contributed by atoms with van der Waals surface area (Å²) in [5, 5.41) is 6.50. The van der Waals surface area contributed by atoms with Crippen LogP contribution in [0.1, 0.15) is 52.4 Å². The average Bonchev–Trinajstić information content (AvgIpc) is 3.51. The molecule has 2 heterocycles. The van der Waals surface area contributed by atoms with E-state index in [1.165, 1.54) is 18.5 Å². The quantitative estimate of drug-likeness (QED) is 0.629. The number of aromatic nitrogens is 2. The molecule has 29 heavy (non-hydrogen) atoms. The van der Waals surface area contributed by atoms with Gasteiger partial charge in [-0.2, -0.15) is 0 Å². The number of ketones is 1. The Bertz CT molecular complexity index is 1100. The Labute approximate surface area is 170 Å². The van der Waals surface area contributed by atoms with Crippen molar-refractivity contribution >= 4 is 23.0 Å². The molecule has 2 aliphatic carbocycles. The molecule has 5 rings (SSSR count). The summed E-state index contributed by atoms with van der Waals surface area (Å²) in [6.07, 6.45) is 7.67. The van der Waals surface area contributed by atoms with Crippen LogP contribution in [0.3, 0.4) is 0 Å². The number of rotatable bonds is 5. The number of hydrogen-bond acceptors (Lipinski definition) is 5. The van der Waals surface area contributed by atoms with Crippen LogP contribution in [0.15, 0.2) is 42.7 Å². The average molecular weight is 384 g/mol. The van der Waals surface area contributed by atoms with Crippen LogP contribution in [0.4, 0.5) is 17.2 Å². The van der Waals surface area contributed by atoms with Crippen molar-refractivity contribution in [3.8, 4) is 11.1 Å². The number of carbonyl (C=O) groups excluding carboxylic acids is 1. The Morgan fingerprint density at radius 1 is 1.00 bits per heavy atom. The van der Waals surface area contributed by atoms with E-state index in [1.54, 1.807) is 0 Å². The molecule has 1 fully saturated rings. The third-order valence-electron chi connectivity index (χ3n) is 5.92.